The van der Waals surface area contributed by atoms with Crippen molar-refractivity contribution in [1.82, 2.24) is 24.4 Å². The molecule has 1 aliphatic heterocycles. The second-order valence-corrected chi connectivity index (χ2v) is 10.5. The SMILES string of the molecule is CCN1CCN(c2ccc(Nc3nc(N)c(Br)c(-c4ccc5c(c4)ncn5Cc4ccccc4)n3)cc2)CC1. The summed E-state index contributed by atoms with van der Waals surface area (Å²) in [5.41, 5.74) is 13.3. The number of fused-ring (bicyclic) bond motifs is 1. The van der Waals surface area contributed by atoms with E-state index < -0.39 is 0 Å². The van der Waals surface area contributed by atoms with Gasteiger partial charge in [0.1, 0.15) is 5.82 Å². The molecule has 0 spiro atoms. The molecule has 5 aromatic rings. The first-order valence-electron chi connectivity index (χ1n) is 13.2. The maximum atomic E-state index is 6.29. The van der Waals surface area contributed by atoms with Gasteiger partial charge in [-0.15, -0.1) is 0 Å². The van der Waals surface area contributed by atoms with Gasteiger partial charge < -0.3 is 25.4 Å². The van der Waals surface area contributed by atoms with Crippen LogP contribution in [0.15, 0.2) is 83.6 Å². The predicted molar refractivity (Wildman–Crippen MR) is 162 cm³/mol. The molecule has 2 aromatic heterocycles. The van der Waals surface area contributed by atoms with E-state index in [-0.39, 0.29) is 0 Å². The number of nitrogens with zero attached hydrogens (tertiary/aromatic N) is 6. The zero-order chi connectivity index (χ0) is 26.8. The molecule has 0 bridgehead atoms. The summed E-state index contributed by atoms with van der Waals surface area (Å²) in [7, 11) is 0. The highest BCUT2D eigenvalue weighted by atomic mass is 79.9. The van der Waals surface area contributed by atoms with Gasteiger partial charge in [0.05, 0.1) is 27.5 Å². The van der Waals surface area contributed by atoms with E-state index >= 15 is 0 Å². The van der Waals surface area contributed by atoms with Crippen molar-refractivity contribution in [3.63, 3.8) is 0 Å². The number of nitrogen functional groups attached to an aromatic ring is 1. The Bertz CT molecular complexity index is 1570. The first kappa shape index (κ1) is 25.3. The quantitative estimate of drug-likeness (QED) is 0.252. The molecular weight excluding hydrogens is 552 g/mol. The van der Waals surface area contributed by atoms with Gasteiger partial charge in [-0.05, 0) is 64.4 Å². The van der Waals surface area contributed by atoms with Crippen LogP contribution in [0.3, 0.4) is 0 Å². The Morgan fingerprint density at radius 2 is 1.69 bits per heavy atom. The van der Waals surface area contributed by atoms with Gasteiger partial charge in [0.25, 0.3) is 0 Å². The highest BCUT2D eigenvalue weighted by Gasteiger charge is 2.17. The molecule has 6 rings (SSSR count). The molecule has 0 unspecified atom stereocenters. The zero-order valence-corrected chi connectivity index (χ0v) is 23.5. The first-order chi connectivity index (χ1) is 19.1. The second-order valence-electron chi connectivity index (χ2n) is 9.75. The zero-order valence-electron chi connectivity index (χ0n) is 21.9. The number of hydrogen-bond acceptors (Lipinski definition) is 7. The topological polar surface area (TPSA) is 88.1 Å². The third kappa shape index (κ3) is 5.46. The molecule has 1 saturated heterocycles. The van der Waals surface area contributed by atoms with Gasteiger partial charge in [0, 0.05) is 49.7 Å². The van der Waals surface area contributed by atoms with Gasteiger partial charge in [0.15, 0.2) is 0 Å². The number of nitrogens with one attached hydrogen (secondary N) is 1. The average molecular weight is 584 g/mol. The Balaban J connectivity index is 1.21. The molecule has 1 fully saturated rings. The lowest BCUT2D eigenvalue weighted by molar-refractivity contribution is 0.271. The molecule has 3 heterocycles. The lowest BCUT2D eigenvalue weighted by atomic mass is 10.1. The van der Waals surface area contributed by atoms with Gasteiger partial charge in [0.2, 0.25) is 5.95 Å². The van der Waals surface area contributed by atoms with Gasteiger partial charge in [-0.2, -0.15) is 4.98 Å². The van der Waals surface area contributed by atoms with Crippen molar-refractivity contribution in [3.05, 3.63) is 89.2 Å². The summed E-state index contributed by atoms with van der Waals surface area (Å²) >= 11 is 3.60. The van der Waals surface area contributed by atoms with Gasteiger partial charge in [-0.3, -0.25) is 0 Å². The highest BCUT2D eigenvalue weighted by molar-refractivity contribution is 9.10. The summed E-state index contributed by atoms with van der Waals surface area (Å²) in [5.74, 6) is 0.826. The van der Waals surface area contributed by atoms with E-state index in [1.165, 1.54) is 11.3 Å². The van der Waals surface area contributed by atoms with E-state index in [0.29, 0.717) is 16.2 Å². The van der Waals surface area contributed by atoms with E-state index in [2.05, 4.69) is 113 Å². The van der Waals surface area contributed by atoms with Crippen LogP contribution in [0.25, 0.3) is 22.3 Å². The molecule has 1 aliphatic rings. The molecule has 0 aliphatic carbocycles. The number of imidazole rings is 1. The van der Waals surface area contributed by atoms with Crippen LogP contribution in [0, 0.1) is 0 Å². The summed E-state index contributed by atoms with van der Waals surface area (Å²) in [5, 5.41) is 3.33. The second kappa shape index (κ2) is 11.0. The minimum Gasteiger partial charge on any atom is -0.383 e. The van der Waals surface area contributed by atoms with Crippen molar-refractivity contribution in [1.29, 1.82) is 0 Å². The Morgan fingerprint density at radius 3 is 2.44 bits per heavy atom. The largest absolute Gasteiger partial charge is 0.383 e. The third-order valence-electron chi connectivity index (χ3n) is 7.28. The molecule has 0 amide bonds. The van der Waals surface area contributed by atoms with Crippen molar-refractivity contribution in [2.75, 3.05) is 48.7 Å². The number of hydrogen-bond donors (Lipinski definition) is 2. The van der Waals surface area contributed by atoms with Gasteiger partial charge >= 0.3 is 0 Å². The summed E-state index contributed by atoms with van der Waals surface area (Å²) in [6.45, 7) is 8.39. The summed E-state index contributed by atoms with van der Waals surface area (Å²) < 4.78 is 2.82. The van der Waals surface area contributed by atoms with Crippen LogP contribution >= 0.6 is 15.9 Å². The molecule has 8 nitrogen and oxygen atoms in total. The van der Waals surface area contributed by atoms with Crippen molar-refractivity contribution < 1.29 is 0 Å². The molecule has 0 radical (unpaired) electrons. The van der Waals surface area contributed by atoms with Gasteiger partial charge in [-0.1, -0.05) is 43.3 Å². The fraction of sp³-hybridized carbons (Fsp3) is 0.233. The van der Waals surface area contributed by atoms with Crippen LogP contribution < -0.4 is 16.0 Å². The van der Waals surface area contributed by atoms with Crippen LogP contribution in [0.1, 0.15) is 12.5 Å². The molecule has 9 heteroatoms. The van der Waals surface area contributed by atoms with E-state index in [0.717, 1.165) is 67.2 Å². The van der Waals surface area contributed by atoms with Crippen LogP contribution in [0.2, 0.25) is 0 Å². The van der Waals surface area contributed by atoms with E-state index in [1.807, 2.05) is 18.5 Å². The van der Waals surface area contributed by atoms with Crippen molar-refractivity contribution in [2.45, 2.75) is 13.5 Å². The van der Waals surface area contributed by atoms with Crippen LogP contribution in [0.5, 0.6) is 0 Å². The summed E-state index contributed by atoms with van der Waals surface area (Å²) in [6, 6.07) is 25.0. The van der Waals surface area contributed by atoms with E-state index in [1.54, 1.807) is 0 Å². The molecule has 3 N–H and O–H groups in total. The molecule has 39 heavy (non-hydrogen) atoms. The summed E-state index contributed by atoms with van der Waals surface area (Å²) in [4.78, 5) is 18.8. The predicted octanol–water partition coefficient (Wildman–Crippen LogP) is 5.77. The van der Waals surface area contributed by atoms with Crippen LogP contribution in [-0.4, -0.2) is 57.1 Å². The fourth-order valence-corrected chi connectivity index (χ4v) is 5.44. The fourth-order valence-electron chi connectivity index (χ4n) is 5.04. The summed E-state index contributed by atoms with van der Waals surface area (Å²) in [6.07, 6.45) is 1.88. The third-order valence-corrected chi connectivity index (χ3v) is 8.06. The Hall–Kier alpha value is -3.95. The Kier molecular flexibility index (Phi) is 7.17. The number of rotatable bonds is 7. The minimum atomic E-state index is 0.377. The van der Waals surface area contributed by atoms with Gasteiger partial charge in [-0.25, -0.2) is 9.97 Å². The normalized spacial score (nSPS) is 14.2. The standard InChI is InChI=1S/C30H31BrN8/c1-2-37-14-16-38(17-15-37)24-11-9-23(10-12-24)34-30-35-28(27(31)29(32)36-30)22-8-13-26-25(18-22)33-20-39(26)19-21-6-4-3-5-7-21/h3-13,18,20H,2,14-17,19H2,1H3,(H3,32,34,35,36). The van der Waals surface area contributed by atoms with Crippen molar-refractivity contribution in [3.8, 4) is 11.3 Å². The Labute approximate surface area is 236 Å². The highest BCUT2D eigenvalue weighted by Crippen LogP contribution is 2.33. The smallest absolute Gasteiger partial charge is 0.229 e. The number of benzene rings is 3. The maximum Gasteiger partial charge on any atom is 0.229 e. The van der Waals surface area contributed by atoms with E-state index in [9.17, 15) is 0 Å². The number of halogens is 1. The van der Waals surface area contributed by atoms with E-state index in [4.69, 9.17) is 10.7 Å². The number of anilines is 4. The Morgan fingerprint density at radius 1 is 0.923 bits per heavy atom. The number of likely N-dealkylation sites (N-methyl/N-ethyl adjacent to an activating group) is 1. The average Bonchev–Trinajstić information content (AvgIpc) is 3.37. The van der Waals surface area contributed by atoms with Crippen molar-refractivity contribution >= 4 is 50.1 Å². The molecule has 0 atom stereocenters. The molecule has 3 aromatic carbocycles. The molecule has 0 saturated carbocycles. The minimum absolute atomic E-state index is 0.377. The number of piperazine rings is 1. The monoisotopic (exact) mass is 582 g/mol. The van der Waals surface area contributed by atoms with Crippen LogP contribution in [0.4, 0.5) is 23.1 Å². The lowest BCUT2D eigenvalue weighted by Crippen LogP contribution is -2.46. The maximum absolute atomic E-state index is 6.29. The molecule has 198 valence electrons. The molecular formula is C30H31BrN8. The van der Waals surface area contributed by atoms with Crippen LogP contribution in [-0.2, 0) is 6.54 Å². The number of nitrogens with two attached hydrogens (primary N) is 1. The number of aromatic nitrogens is 4. The van der Waals surface area contributed by atoms with Crippen molar-refractivity contribution in [2.24, 2.45) is 0 Å². The lowest BCUT2D eigenvalue weighted by Gasteiger charge is -2.35. The first-order valence-corrected chi connectivity index (χ1v) is 14.0.